The second-order valence-electron chi connectivity index (χ2n) is 6.07. The zero-order valence-corrected chi connectivity index (χ0v) is 16.7. The fraction of sp³-hybridized carbons (Fsp3) is 0.211. The number of para-hydroxylation sites is 1. The van der Waals surface area contributed by atoms with Crippen molar-refractivity contribution in [1.29, 1.82) is 0 Å². The molecule has 3 amide bonds. The van der Waals surface area contributed by atoms with Crippen LogP contribution in [0, 0.1) is 13.8 Å². The number of nitrogens with one attached hydrogen (secondary N) is 1. The van der Waals surface area contributed by atoms with Crippen molar-refractivity contribution in [2.24, 2.45) is 0 Å². The molecule has 0 atom stereocenters. The van der Waals surface area contributed by atoms with Crippen molar-refractivity contribution < 1.29 is 19.1 Å². The summed E-state index contributed by atoms with van der Waals surface area (Å²) in [6.07, 6.45) is 1.62. The summed E-state index contributed by atoms with van der Waals surface area (Å²) < 4.78 is 7.53. The number of aryl methyl sites for hydroxylation is 1. The molecular formula is C19H18BrN3O4. The molecule has 1 aromatic carbocycles. The maximum atomic E-state index is 12.5. The second kappa shape index (κ2) is 7.40. The number of carbonyl (C=O) groups is 3. The quantitative estimate of drug-likeness (QED) is 0.458. The Kier molecular flexibility index (Phi) is 5.18. The molecule has 2 heterocycles. The summed E-state index contributed by atoms with van der Waals surface area (Å²) in [7, 11) is 1.20. The standard InChI is InChI=1S/C19H18BrN3O4/c1-11-8-13(12(2)23(11)16-7-5-4-6-14(16)20)9-15-18(25)22(19(26)21-15)10-17(24)27-3/h4-9H,10H2,1-3H3,(H,21,26)/b15-9+. The third-order valence-electron chi connectivity index (χ3n) is 4.34. The molecule has 1 aliphatic rings. The van der Waals surface area contributed by atoms with E-state index in [9.17, 15) is 14.4 Å². The van der Waals surface area contributed by atoms with Gasteiger partial charge in [0, 0.05) is 15.9 Å². The molecule has 0 unspecified atom stereocenters. The first-order chi connectivity index (χ1) is 12.8. The number of carbonyl (C=O) groups excluding carboxylic acids is 3. The molecule has 1 aromatic heterocycles. The highest BCUT2D eigenvalue weighted by Crippen LogP contribution is 2.28. The van der Waals surface area contributed by atoms with Crippen molar-refractivity contribution in [2.45, 2.75) is 13.8 Å². The van der Waals surface area contributed by atoms with Crippen molar-refractivity contribution in [2.75, 3.05) is 13.7 Å². The van der Waals surface area contributed by atoms with E-state index in [4.69, 9.17) is 0 Å². The summed E-state index contributed by atoms with van der Waals surface area (Å²) in [6, 6.07) is 9.12. The Bertz CT molecular complexity index is 977. The maximum Gasteiger partial charge on any atom is 0.329 e. The molecule has 3 rings (SSSR count). The van der Waals surface area contributed by atoms with Crippen LogP contribution in [-0.4, -0.2) is 41.0 Å². The molecule has 2 aromatic rings. The van der Waals surface area contributed by atoms with Crippen molar-refractivity contribution >= 4 is 39.9 Å². The molecular weight excluding hydrogens is 414 g/mol. The van der Waals surface area contributed by atoms with Crippen LogP contribution in [0.5, 0.6) is 0 Å². The monoisotopic (exact) mass is 431 g/mol. The number of urea groups is 1. The molecule has 1 N–H and O–H groups in total. The Morgan fingerprint density at radius 3 is 2.63 bits per heavy atom. The number of hydrogen-bond acceptors (Lipinski definition) is 4. The van der Waals surface area contributed by atoms with Crippen LogP contribution in [0.4, 0.5) is 4.79 Å². The zero-order valence-electron chi connectivity index (χ0n) is 15.1. The third kappa shape index (κ3) is 3.52. The molecule has 0 aliphatic carbocycles. The zero-order chi connectivity index (χ0) is 19.7. The molecule has 0 bridgehead atoms. The number of amides is 3. The van der Waals surface area contributed by atoms with Gasteiger partial charge in [0.15, 0.2) is 0 Å². The van der Waals surface area contributed by atoms with Gasteiger partial charge in [-0.15, -0.1) is 0 Å². The van der Waals surface area contributed by atoms with Crippen LogP contribution < -0.4 is 5.32 Å². The fourth-order valence-electron chi connectivity index (χ4n) is 3.00. The topological polar surface area (TPSA) is 80.6 Å². The first-order valence-corrected chi connectivity index (χ1v) is 8.98. The lowest BCUT2D eigenvalue weighted by atomic mass is 10.2. The van der Waals surface area contributed by atoms with E-state index >= 15 is 0 Å². The molecule has 0 saturated carbocycles. The van der Waals surface area contributed by atoms with Gasteiger partial charge in [0.05, 0.1) is 12.8 Å². The summed E-state index contributed by atoms with van der Waals surface area (Å²) in [5.41, 5.74) is 3.80. The highest BCUT2D eigenvalue weighted by atomic mass is 79.9. The summed E-state index contributed by atoms with van der Waals surface area (Å²) in [4.78, 5) is 36.7. The molecule has 1 fully saturated rings. The van der Waals surface area contributed by atoms with Crippen molar-refractivity contribution in [3.63, 3.8) is 0 Å². The predicted molar refractivity (Wildman–Crippen MR) is 103 cm³/mol. The number of halogens is 1. The van der Waals surface area contributed by atoms with Gasteiger partial charge in [-0.25, -0.2) is 9.69 Å². The van der Waals surface area contributed by atoms with Crippen LogP contribution in [0.15, 0.2) is 40.5 Å². The van der Waals surface area contributed by atoms with E-state index in [1.807, 2.05) is 44.2 Å². The number of imide groups is 1. The number of methoxy groups -OCH3 is 1. The summed E-state index contributed by atoms with van der Waals surface area (Å²) >= 11 is 3.56. The minimum atomic E-state index is -0.660. The summed E-state index contributed by atoms with van der Waals surface area (Å²) in [6.45, 7) is 3.48. The van der Waals surface area contributed by atoms with Crippen LogP contribution in [-0.2, 0) is 14.3 Å². The van der Waals surface area contributed by atoms with E-state index in [1.54, 1.807) is 6.08 Å². The Morgan fingerprint density at radius 2 is 1.96 bits per heavy atom. The van der Waals surface area contributed by atoms with Gasteiger partial charge in [0.2, 0.25) is 0 Å². The molecule has 8 heteroatoms. The first kappa shape index (κ1) is 18.9. The molecule has 140 valence electrons. The number of ether oxygens (including phenoxy) is 1. The normalized spacial score (nSPS) is 15.4. The predicted octanol–water partition coefficient (Wildman–Crippen LogP) is 2.92. The summed E-state index contributed by atoms with van der Waals surface area (Å²) in [5.74, 6) is -1.22. The third-order valence-corrected chi connectivity index (χ3v) is 5.01. The minimum Gasteiger partial charge on any atom is -0.468 e. The van der Waals surface area contributed by atoms with Gasteiger partial charge in [0.1, 0.15) is 12.2 Å². The van der Waals surface area contributed by atoms with Gasteiger partial charge < -0.3 is 14.6 Å². The first-order valence-electron chi connectivity index (χ1n) is 8.18. The van der Waals surface area contributed by atoms with Gasteiger partial charge >= 0.3 is 12.0 Å². The van der Waals surface area contributed by atoms with Gasteiger partial charge in [-0.05, 0) is 59.6 Å². The van der Waals surface area contributed by atoms with Crippen LogP contribution in [0.3, 0.4) is 0 Å². The van der Waals surface area contributed by atoms with Gasteiger partial charge in [-0.3, -0.25) is 9.59 Å². The second-order valence-corrected chi connectivity index (χ2v) is 6.92. The smallest absolute Gasteiger partial charge is 0.329 e. The SMILES string of the molecule is COC(=O)CN1C(=O)N/C(=C/c2cc(C)n(-c3ccccc3Br)c2C)C1=O. The summed E-state index contributed by atoms with van der Waals surface area (Å²) in [5, 5.41) is 2.51. The Labute approximate surface area is 164 Å². The minimum absolute atomic E-state index is 0.122. The van der Waals surface area contributed by atoms with Crippen molar-refractivity contribution in [3.8, 4) is 5.69 Å². The van der Waals surface area contributed by atoms with E-state index in [2.05, 4.69) is 30.6 Å². The van der Waals surface area contributed by atoms with Crippen molar-refractivity contribution in [3.05, 3.63) is 57.5 Å². The number of rotatable bonds is 4. The van der Waals surface area contributed by atoms with E-state index in [-0.39, 0.29) is 5.70 Å². The van der Waals surface area contributed by atoms with E-state index in [1.165, 1.54) is 7.11 Å². The number of hydrogen-bond donors (Lipinski definition) is 1. The maximum absolute atomic E-state index is 12.5. The van der Waals surface area contributed by atoms with E-state index < -0.39 is 24.5 Å². The average molecular weight is 432 g/mol. The van der Waals surface area contributed by atoms with E-state index in [0.717, 1.165) is 32.0 Å². The van der Waals surface area contributed by atoms with Crippen LogP contribution in [0.1, 0.15) is 17.0 Å². The van der Waals surface area contributed by atoms with Crippen LogP contribution in [0.2, 0.25) is 0 Å². The highest BCUT2D eigenvalue weighted by Gasteiger charge is 2.35. The molecule has 27 heavy (non-hydrogen) atoms. The molecule has 7 nitrogen and oxygen atoms in total. The Balaban J connectivity index is 1.96. The molecule has 0 radical (unpaired) electrons. The Morgan fingerprint density at radius 1 is 1.26 bits per heavy atom. The van der Waals surface area contributed by atoms with Gasteiger partial charge in [-0.1, -0.05) is 12.1 Å². The molecule has 1 aliphatic heterocycles. The van der Waals surface area contributed by atoms with Crippen molar-refractivity contribution in [1.82, 2.24) is 14.8 Å². The number of nitrogens with zero attached hydrogens (tertiary/aromatic N) is 2. The lowest BCUT2D eigenvalue weighted by molar-refractivity contribution is -0.143. The largest absolute Gasteiger partial charge is 0.468 e. The number of benzene rings is 1. The number of esters is 1. The molecule has 0 spiro atoms. The molecule has 1 saturated heterocycles. The van der Waals surface area contributed by atoms with Gasteiger partial charge in [0.25, 0.3) is 5.91 Å². The van der Waals surface area contributed by atoms with E-state index in [0.29, 0.717) is 0 Å². The fourth-order valence-corrected chi connectivity index (χ4v) is 3.46. The highest BCUT2D eigenvalue weighted by molar-refractivity contribution is 9.10. The average Bonchev–Trinajstić information content (AvgIpc) is 3.06. The van der Waals surface area contributed by atoms with Crippen LogP contribution >= 0.6 is 15.9 Å². The number of aromatic nitrogens is 1. The lowest BCUT2D eigenvalue weighted by Gasteiger charge is -2.11. The van der Waals surface area contributed by atoms with Crippen LogP contribution in [0.25, 0.3) is 11.8 Å². The Hall–Kier alpha value is -2.87. The van der Waals surface area contributed by atoms with Gasteiger partial charge in [-0.2, -0.15) is 0 Å². The lowest BCUT2D eigenvalue weighted by Crippen LogP contribution is -2.36.